The maximum atomic E-state index is 11.4. The Morgan fingerprint density at radius 2 is 2.00 bits per heavy atom. The standard InChI is InChI=1S/C16H24O/c1-13-8-5-4-6-10-16(15(3)17)11-7-9-14(2)12-13/h5,8-10,13H,4,6-7,11-12H2,1-3H3. The van der Waals surface area contributed by atoms with E-state index >= 15 is 0 Å². The summed E-state index contributed by atoms with van der Waals surface area (Å²) in [7, 11) is 0. The topological polar surface area (TPSA) is 17.1 Å². The summed E-state index contributed by atoms with van der Waals surface area (Å²) in [6.07, 6.45) is 14.0. The average molecular weight is 232 g/mol. The fourth-order valence-electron chi connectivity index (χ4n) is 2.24. The molecular formula is C16H24O. The lowest BCUT2D eigenvalue weighted by atomic mass is 9.97. The molecule has 0 saturated heterocycles. The van der Waals surface area contributed by atoms with Crippen molar-refractivity contribution in [1.82, 2.24) is 0 Å². The van der Waals surface area contributed by atoms with E-state index in [4.69, 9.17) is 0 Å². The first kappa shape index (κ1) is 14.0. The Labute approximate surface area is 105 Å². The minimum atomic E-state index is 0.227. The maximum Gasteiger partial charge on any atom is 0.155 e. The summed E-state index contributed by atoms with van der Waals surface area (Å²) < 4.78 is 0. The molecule has 94 valence electrons. The van der Waals surface area contributed by atoms with Crippen molar-refractivity contribution in [3.05, 3.63) is 35.5 Å². The van der Waals surface area contributed by atoms with Crippen molar-refractivity contribution in [1.29, 1.82) is 0 Å². The Kier molecular flexibility index (Phi) is 5.96. The van der Waals surface area contributed by atoms with Crippen molar-refractivity contribution >= 4 is 5.78 Å². The molecule has 0 spiro atoms. The third-order valence-corrected chi connectivity index (χ3v) is 3.19. The van der Waals surface area contributed by atoms with E-state index in [-0.39, 0.29) is 5.78 Å². The van der Waals surface area contributed by atoms with E-state index in [2.05, 4.69) is 38.2 Å². The smallest absolute Gasteiger partial charge is 0.155 e. The van der Waals surface area contributed by atoms with Gasteiger partial charge in [0.15, 0.2) is 5.78 Å². The Bertz CT molecular complexity index is 345. The molecule has 1 heteroatoms. The van der Waals surface area contributed by atoms with Crippen LogP contribution in [-0.2, 0) is 4.79 Å². The van der Waals surface area contributed by atoms with Gasteiger partial charge >= 0.3 is 0 Å². The van der Waals surface area contributed by atoms with Crippen molar-refractivity contribution in [2.75, 3.05) is 0 Å². The van der Waals surface area contributed by atoms with Crippen LogP contribution in [0.4, 0.5) is 0 Å². The van der Waals surface area contributed by atoms with Crippen LogP contribution in [0.1, 0.15) is 52.9 Å². The van der Waals surface area contributed by atoms with Crippen LogP contribution < -0.4 is 0 Å². The highest BCUT2D eigenvalue weighted by molar-refractivity contribution is 5.93. The molecule has 1 aliphatic carbocycles. The number of allylic oxidation sites excluding steroid dienone is 6. The van der Waals surface area contributed by atoms with E-state index in [0.29, 0.717) is 5.92 Å². The van der Waals surface area contributed by atoms with Crippen LogP contribution in [0.5, 0.6) is 0 Å². The summed E-state index contributed by atoms with van der Waals surface area (Å²) in [5, 5.41) is 0. The molecule has 0 bridgehead atoms. The molecular weight excluding hydrogens is 208 g/mol. The fraction of sp³-hybridized carbons (Fsp3) is 0.562. The highest BCUT2D eigenvalue weighted by Crippen LogP contribution is 2.17. The van der Waals surface area contributed by atoms with E-state index in [1.807, 2.05) is 0 Å². The van der Waals surface area contributed by atoms with Crippen molar-refractivity contribution < 1.29 is 4.79 Å². The minimum absolute atomic E-state index is 0.227. The van der Waals surface area contributed by atoms with Crippen LogP contribution in [-0.4, -0.2) is 5.78 Å². The molecule has 1 atom stereocenters. The van der Waals surface area contributed by atoms with Crippen LogP contribution in [0.25, 0.3) is 0 Å². The minimum Gasteiger partial charge on any atom is -0.295 e. The van der Waals surface area contributed by atoms with Crippen molar-refractivity contribution in [2.24, 2.45) is 5.92 Å². The third-order valence-electron chi connectivity index (χ3n) is 3.19. The largest absolute Gasteiger partial charge is 0.295 e. The highest BCUT2D eigenvalue weighted by Gasteiger charge is 2.04. The zero-order valence-electron chi connectivity index (χ0n) is 11.3. The second-order valence-electron chi connectivity index (χ2n) is 5.06. The molecule has 0 fully saturated rings. The normalized spacial score (nSPS) is 23.1. The third kappa shape index (κ3) is 5.67. The second kappa shape index (κ2) is 7.26. The lowest BCUT2D eigenvalue weighted by molar-refractivity contribution is -0.113. The number of carbonyl (C=O) groups excluding carboxylic acids is 1. The molecule has 0 aromatic heterocycles. The Morgan fingerprint density at radius 1 is 1.24 bits per heavy atom. The van der Waals surface area contributed by atoms with Gasteiger partial charge in [0.25, 0.3) is 0 Å². The SMILES string of the molecule is CC(=O)C1=CCCC=CC(C)CC(C)=CCC1. The van der Waals surface area contributed by atoms with Gasteiger partial charge in [-0.15, -0.1) is 0 Å². The first-order valence-corrected chi connectivity index (χ1v) is 6.62. The van der Waals surface area contributed by atoms with Gasteiger partial charge in [-0.1, -0.05) is 36.8 Å². The summed E-state index contributed by atoms with van der Waals surface area (Å²) in [5.74, 6) is 0.854. The van der Waals surface area contributed by atoms with E-state index in [1.54, 1.807) is 6.92 Å². The Morgan fingerprint density at radius 3 is 2.71 bits per heavy atom. The van der Waals surface area contributed by atoms with Crippen LogP contribution in [0, 0.1) is 5.92 Å². The average Bonchev–Trinajstić information content (AvgIpc) is 2.23. The number of ketones is 1. The van der Waals surface area contributed by atoms with Gasteiger partial charge in [-0.05, 0) is 57.4 Å². The van der Waals surface area contributed by atoms with Gasteiger partial charge < -0.3 is 0 Å². The second-order valence-corrected chi connectivity index (χ2v) is 5.06. The highest BCUT2D eigenvalue weighted by atomic mass is 16.1. The van der Waals surface area contributed by atoms with E-state index in [0.717, 1.165) is 37.7 Å². The van der Waals surface area contributed by atoms with Crippen LogP contribution >= 0.6 is 0 Å². The lowest BCUT2D eigenvalue weighted by Gasteiger charge is -2.08. The van der Waals surface area contributed by atoms with E-state index < -0.39 is 0 Å². The molecule has 0 aromatic rings. The number of Topliss-reactive ketones (excluding diaryl/α,β-unsaturated/α-hetero) is 1. The van der Waals surface area contributed by atoms with Crippen LogP contribution in [0.15, 0.2) is 35.5 Å². The number of rotatable bonds is 1. The molecule has 0 aliphatic heterocycles. The zero-order chi connectivity index (χ0) is 12.7. The summed E-state index contributed by atoms with van der Waals surface area (Å²) in [6, 6.07) is 0. The maximum absolute atomic E-state index is 11.4. The first-order valence-electron chi connectivity index (χ1n) is 6.62. The lowest BCUT2D eigenvalue weighted by Crippen LogP contribution is -1.97. The predicted molar refractivity (Wildman–Crippen MR) is 73.9 cm³/mol. The van der Waals surface area contributed by atoms with Gasteiger partial charge in [0.2, 0.25) is 0 Å². The first-order chi connectivity index (χ1) is 8.09. The van der Waals surface area contributed by atoms with Crippen molar-refractivity contribution in [3.63, 3.8) is 0 Å². The van der Waals surface area contributed by atoms with Crippen molar-refractivity contribution in [3.8, 4) is 0 Å². The quantitative estimate of drug-likeness (QED) is 0.604. The number of hydrogen-bond donors (Lipinski definition) is 0. The van der Waals surface area contributed by atoms with Gasteiger partial charge in [-0.2, -0.15) is 0 Å². The van der Waals surface area contributed by atoms with Gasteiger partial charge in [0.1, 0.15) is 0 Å². The molecule has 0 heterocycles. The van der Waals surface area contributed by atoms with E-state index in [9.17, 15) is 4.79 Å². The monoisotopic (exact) mass is 232 g/mol. The number of hydrogen-bond acceptors (Lipinski definition) is 1. The molecule has 1 rings (SSSR count). The molecule has 0 N–H and O–H groups in total. The fourth-order valence-corrected chi connectivity index (χ4v) is 2.24. The van der Waals surface area contributed by atoms with Gasteiger partial charge in [-0.3, -0.25) is 4.79 Å². The van der Waals surface area contributed by atoms with E-state index in [1.165, 1.54) is 5.57 Å². The predicted octanol–water partition coefficient (Wildman–Crippen LogP) is 4.60. The van der Waals surface area contributed by atoms with Crippen molar-refractivity contribution in [2.45, 2.75) is 52.9 Å². The van der Waals surface area contributed by atoms with Crippen LogP contribution in [0.2, 0.25) is 0 Å². The molecule has 1 unspecified atom stereocenters. The van der Waals surface area contributed by atoms with Gasteiger partial charge in [0, 0.05) is 0 Å². The molecule has 0 radical (unpaired) electrons. The number of carbonyl (C=O) groups is 1. The summed E-state index contributed by atoms with van der Waals surface area (Å²) in [6.45, 7) is 6.12. The summed E-state index contributed by atoms with van der Waals surface area (Å²) in [5.41, 5.74) is 2.43. The molecule has 0 amide bonds. The Balaban J connectivity index is 2.74. The molecule has 0 saturated carbocycles. The molecule has 17 heavy (non-hydrogen) atoms. The van der Waals surface area contributed by atoms with Gasteiger partial charge in [0.05, 0.1) is 0 Å². The van der Waals surface area contributed by atoms with Gasteiger partial charge in [-0.25, -0.2) is 0 Å². The molecule has 1 nitrogen and oxygen atoms in total. The molecule has 1 aliphatic rings. The van der Waals surface area contributed by atoms with Crippen LogP contribution in [0.3, 0.4) is 0 Å². The zero-order valence-corrected chi connectivity index (χ0v) is 11.3. The molecule has 0 aromatic carbocycles. The summed E-state index contributed by atoms with van der Waals surface area (Å²) in [4.78, 5) is 11.4. The Hall–Kier alpha value is -1.11. The summed E-state index contributed by atoms with van der Waals surface area (Å²) >= 11 is 0.